The number of amides is 1. The van der Waals surface area contributed by atoms with Crippen LogP contribution in [0.15, 0.2) is 24.3 Å². The van der Waals surface area contributed by atoms with Gasteiger partial charge in [-0.05, 0) is 31.2 Å². The van der Waals surface area contributed by atoms with Crippen LogP contribution in [0.4, 0.5) is 10.1 Å². The molecule has 2 rings (SSSR count). The molecule has 1 fully saturated rings. The lowest BCUT2D eigenvalue weighted by atomic mass is 10.1. The van der Waals surface area contributed by atoms with Crippen LogP contribution in [0.5, 0.6) is 0 Å². The number of benzene rings is 1. The fraction of sp³-hybridized carbons (Fsp3) is 0.364. The second-order valence-corrected chi connectivity index (χ2v) is 3.69. The molecule has 0 radical (unpaired) electrons. The van der Waals surface area contributed by atoms with Gasteiger partial charge in [-0.2, -0.15) is 0 Å². The van der Waals surface area contributed by atoms with E-state index in [1.54, 1.807) is 12.1 Å². The molecule has 15 heavy (non-hydrogen) atoms. The number of halogens is 1. The topological polar surface area (TPSA) is 41.1 Å². The molecule has 1 saturated heterocycles. The number of carbonyl (C=O) groups excluding carboxylic acids is 1. The van der Waals surface area contributed by atoms with Gasteiger partial charge in [0.25, 0.3) is 0 Å². The van der Waals surface area contributed by atoms with E-state index in [9.17, 15) is 9.18 Å². The molecule has 1 atom stereocenters. The molecule has 0 saturated carbocycles. The molecular weight excluding hydrogens is 195 g/mol. The van der Waals surface area contributed by atoms with Gasteiger partial charge < -0.3 is 10.6 Å². The van der Waals surface area contributed by atoms with Gasteiger partial charge in [0, 0.05) is 12.2 Å². The van der Waals surface area contributed by atoms with Gasteiger partial charge in [0.15, 0.2) is 0 Å². The van der Waals surface area contributed by atoms with Gasteiger partial charge in [0.05, 0.1) is 5.92 Å². The minimum absolute atomic E-state index is 0.00765. The largest absolute Gasteiger partial charge is 0.326 e. The molecule has 0 unspecified atom stereocenters. The smallest absolute Gasteiger partial charge is 0.228 e. The molecular formula is C11H13FN2O. The van der Waals surface area contributed by atoms with E-state index in [1.807, 2.05) is 0 Å². The lowest BCUT2D eigenvalue weighted by Gasteiger charge is -2.09. The lowest BCUT2D eigenvalue weighted by Crippen LogP contribution is -2.24. The molecule has 80 valence electrons. The van der Waals surface area contributed by atoms with Crippen molar-refractivity contribution in [3.63, 3.8) is 0 Å². The van der Waals surface area contributed by atoms with E-state index in [0.717, 1.165) is 13.0 Å². The molecule has 3 nitrogen and oxygen atoms in total. The summed E-state index contributed by atoms with van der Waals surface area (Å²) in [6.07, 6.45) is 0.848. The minimum Gasteiger partial charge on any atom is -0.326 e. The first-order chi connectivity index (χ1) is 7.25. The Labute approximate surface area is 87.7 Å². The monoisotopic (exact) mass is 208 g/mol. The fourth-order valence-electron chi connectivity index (χ4n) is 1.69. The van der Waals surface area contributed by atoms with Crippen molar-refractivity contribution < 1.29 is 9.18 Å². The Morgan fingerprint density at radius 2 is 2.40 bits per heavy atom. The Balaban J connectivity index is 1.99. The average Bonchev–Trinajstić information content (AvgIpc) is 2.70. The molecule has 0 aliphatic carbocycles. The summed E-state index contributed by atoms with van der Waals surface area (Å²) in [7, 11) is 0. The van der Waals surface area contributed by atoms with Gasteiger partial charge in [-0.25, -0.2) is 4.39 Å². The molecule has 1 aliphatic heterocycles. The SMILES string of the molecule is O=C(Nc1cccc(F)c1)[C@@H]1CCNC1. The van der Waals surface area contributed by atoms with Crippen LogP contribution in [0, 0.1) is 11.7 Å². The van der Waals surface area contributed by atoms with Crippen LogP contribution in [0.2, 0.25) is 0 Å². The van der Waals surface area contributed by atoms with Crippen molar-refractivity contribution in [3.05, 3.63) is 30.1 Å². The maximum absolute atomic E-state index is 12.8. The number of anilines is 1. The van der Waals surface area contributed by atoms with Crippen LogP contribution in [-0.4, -0.2) is 19.0 Å². The standard InChI is InChI=1S/C11H13FN2O/c12-9-2-1-3-10(6-9)14-11(15)8-4-5-13-7-8/h1-3,6,8,13H,4-5,7H2,(H,14,15)/t8-/m1/s1. The Morgan fingerprint density at radius 3 is 3.07 bits per heavy atom. The highest BCUT2D eigenvalue weighted by Gasteiger charge is 2.22. The van der Waals surface area contributed by atoms with E-state index >= 15 is 0 Å². The summed E-state index contributed by atoms with van der Waals surface area (Å²) in [4.78, 5) is 11.7. The summed E-state index contributed by atoms with van der Waals surface area (Å²) >= 11 is 0. The third-order valence-electron chi connectivity index (χ3n) is 2.52. The first-order valence-corrected chi connectivity index (χ1v) is 5.03. The predicted octanol–water partition coefficient (Wildman–Crippen LogP) is 1.37. The van der Waals surface area contributed by atoms with Gasteiger partial charge in [0.2, 0.25) is 5.91 Å². The average molecular weight is 208 g/mol. The molecule has 0 aromatic heterocycles. The van der Waals surface area contributed by atoms with Crippen LogP contribution in [-0.2, 0) is 4.79 Å². The van der Waals surface area contributed by atoms with Gasteiger partial charge in [0.1, 0.15) is 5.82 Å². The van der Waals surface area contributed by atoms with Crippen LogP contribution in [0.25, 0.3) is 0 Å². The lowest BCUT2D eigenvalue weighted by molar-refractivity contribution is -0.119. The summed E-state index contributed by atoms with van der Waals surface area (Å²) in [5.41, 5.74) is 0.520. The zero-order valence-corrected chi connectivity index (χ0v) is 8.29. The van der Waals surface area contributed by atoms with Crippen molar-refractivity contribution in [1.82, 2.24) is 5.32 Å². The molecule has 1 heterocycles. The van der Waals surface area contributed by atoms with Crippen molar-refractivity contribution in [3.8, 4) is 0 Å². The van der Waals surface area contributed by atoms with E-state index in [1.165, 1.54) is 12.1 Å². The van der Waals surface area contributed by atoms with Crippen molar-refractivity contribution in [2.75, 3.05) is 18.4 Å². The Morgan fingerprint density at radius 1 is 1.53 bits per heavy atom. The highest BCUT2D eigenvalue weighted by molar-refractivity contribution is 5.92. The van der Waals surface area contributed by atoms with Gasteiger partial charge in [-0.3, -0.25) is 4.79 Å². The second kappa shape index (κ2) is 4.40. The van der Waals surface area contributed by atoms with E-state index in [-0.39, 0.29) is 17.6 Å². The van der Waals surface area contributed by atoms with Crippen molar-refractivity contribution >= 4 is 11.6 Å². The van der Waals surface area contributed by atoms with Crippen LogP contribution in [0.1, 0.15) is 6.42 Å². The molecule has 1 aliphatic rings. The summed E-state index contributed by atoms with van der Waals surface area (Å²) in [5.74, 6) is -0.365. The van der Waals surface area contributed by atoms with Gasteiger partial charge in [-0.1, -0.05) is 6.07 Å². The summed E-state index contributed by atoms with van der Waals surface area (Å²) in [6.45, 7) is 1.59. The van der Waals surface area contributed by atoms with E-state index in [2.05, 4.69) is 10.6 Å². The van der Waals surface area contributed by atoms with Gasteiger partial charge >= 0.3 is 0 Å². The molecule has 0 bridgehead atoms. The van der Waals surface area contributed by atoms with Gasteiger partial charge in [-0.15, -0.1) is 0 Å². The van der Waals surface area contributed by atoms with Crippen molar-refractivity contribution in [1.29, 1.82) is 0 Å². The highest BCUT2D eigenvalue weighted by Crippen LogP contribution is 2.13. The Kier molecular flexibility index (Phi) is 2.97. The Bertz CT molecular complexity index is 361. The molecule has 0 spiro atoms. The Hall–Kier alpha value is -1.42. The third kappa shape index (κ3) is 2.53. The molecule has 1 amide bonds. The van der Waals surface area contributed by atoms with Crippen LogP contribution < -0.4 is 10.6 Å². The van der Waals surface area contributed by atoms with Crippen LogP contribution in [0.3, 0.4) is 0 Å². The molecule has 4 heteroatoms. The number of hydrogen-bond donors (Lipinski definition) is 2. The third-order valence-corrected chi connectivity index (χ3v) is 2.52. The summed E-state index contributed by atoms with van der Waals surface area (Å²) in [5, 5.41) is 5.82. The fourth-order valence-corrected chi connectivity index (χ4v) is 1.69. The van der Waals surface area contributed by atoms with Crippen molar-refractivity contribution in [2.45, 2.75) is 6.42 Å². The number of rotatable bonds is 2. The van der Waals surface area contributed by atoms with E-state index < -0.39 is 0 Å². The number of nitrogens with one attached hydrogen (secondary N) is 2. The highest BCUT2D eigenvalue weighted by atomic mass is 19.1. The van der Waals surface area contributed by atoms with Crippen LogP contribution >= 0.6 is 0 Å². The maximum Gasteiger partial charge on any atom is 0.228 e. The zero-order valence-electron chi connectivity index (χ0n) is 8.29. The summed E-state index contributed by atoms with van der Waals surface area (Å²) < 4.78 is 12.8. The van der Waals surface area contributed by atoms with E-state index in [0.29, 0.717) is 12.2 Å². The van der Waals surface area contributed by atoms with Crippen molar-refractivity contribution in [2.24, 2.45) is 5.92 Å². The predicted molar refractivity (Wildman–Crippen MR) is 56.0 cm³/mol. The minimum atomic E-state index is -0.336. The second-order valence-electron chi connectivity index (χ2n) is 3.69. The normalized spacial score (nSPS) is 20.2. The summed E-state index contributed by atoms with van der Waals surface area (Å²) in [6, 6.07) is 5.94. The molecule has 2 N–H and O–H groups in total. The quantitative estimate of drug-likeness (QED) is 0.770. The molecule has 1 aromatic rings. The number of hydrogen-bond acceptors (Lipinski definition) is 2. The van der Waals surface area contributed by atoms with E-state index in [4.69, 9.17) is 0 Å². The first kappa shape index (κ1) is 10.1. The molecule has 1 aromatic carbocycles. The first-order valence-electron chi connectivity index (χ1n) is 5.03. The maximum atomic E-state index is 12.8. The number of carbonyl (C=O) groups is 1. The zero-order chi connectivity index (χ0) is 10.7.